The van der Waals surface area contributed by atoms with Gasteiger partial charge in [-0.15, -0.1) is 12.4 Å². The Morgan fingerprint density at radius 1 is 1.22 bits per heavy atom. The molecule has 0 aromatic carbocycles. The number of nitrogens with zero attached hydrogens (tertiary/aromatic N) is 3. The highest BCUT2D eigenvalue weighted by Gasteiger charge is 2.47. The molecule has 1 aromatic heterocycles. The van der Waals surface area contributed by atoms with Crippen LogP contribution in [0.15, 0.2) is 18.5 Å². The maximum absolute atomic E-state index is 13.4. The summed E-state index contributed by atoms with van der Waals surface area (Å²) >= 11 is 0. The Morgan fingerprint density at radius 2 is 1.91 bits per heavy atom. The van der Waals surface area contributed by atoms with Gasteiger partial charge in [0, 0.05) is 25.5 Å². The van der Waals surface area contributed by atoms with Gasteiger partial charge < -0.3 is 10.2 Å². The first-order valence-corrected chi connectivity index (χ1v) is 8.66. The van der Waals surface area contributed by atoms with Gasteiger partial charge in [-0.2, -0.15) is 5.10 Å². The summed E-state index contributed by atoms with van der Waals surface area (Å²) in [6.45, 7) is 8.08. The van der Waals surface area contributed by atoms with Gasteiger partial charge in [0.15, 0.2) is 0 Å². The molecule has 3 heterocycles. The lowest BCUT2D eigenvalue weighted by Gasteiger charge is -2.39. The van der Waals surface area contributed by atoms with Crippen molar-refractivity contribution in [2.45, 2.75) is 51.5 Å². The Balaban J connectivity index is 0.00000192. The predicted octanol–water partition coefficient (Wildman–Crippen LogP) is 2.42. The topological polar surface area (TPSA) is 50.2 Å². The lowest BCUT2D eigenvalue weighted by Crippen LogP contribution is -2.55. The van der Waals surface area contributed by atoms with E-state index in [1.807, 2.05) is 16.9 Å². The average molecular weight is 341 g/mol. The van der Waals surface area contributed by atoms with E-state index in [-0.39, 0.29) is 18.3 Å². The molecule has 2 fully saturated rings. The SMILES string of the molecule is CCC1(CC)CCN(C(=O)C2(n3cccn3)CCNCC2)C1.Cl. The van der Waals surface area contributed by atoms with Crippen LogP contribution in [0.3, 0.4) is 0 Å². The average Bonchev–Trinajstić information content (AvgIpc) is 3.25. The minimum Gasteiger partial charge on any atom is -0.340 e. The summed E-state index contributed by atoms with van der Waals surface area (Å²) in [7, 11) is 0. The number of piperidine rings is 1. The molecule has 0 aliphatic carbocycles. The third kappa shape index (κ3) is 3.13. The van der Waals surface area contributed by atoms with E-state index in [0.29, 0.717) is 5.41 Å². The van der Waals surface area contributed by atoms with Gasteiger partial charge in [-0.05, 0) is 56.7 Å². The van der Waals surface area contributed by atoms with Crippen LogP contribution < -0.4 is 5.32 Å². The molecule has 3 rings (SSSR count). The summed E-state index contributed by atoms with van der Waals surface area (Å²) in [5.41, 5.74) is -0.153. The van der Waals surface area contributed by atoms with Crippen molar-refractivity contribution >= 4 is 18.3 Å². The van der Waals surface area contributed by atoms with Gasteiger partial charge in [0.1, 0.15) is 5.54 Å². The number of aromatic nitrogens is 2. The zero-order valence-corrected chi connectivity index (χ0v) is 15.1. The number of carbonyl (C=O) groups excluding carboxylic acids is 1. The summed E-state index contributed by atoms with van der Waals surface area (Å²) < 4.78 is 1.91. The second-order valence-corrected chi connectivity index (χ2v) is 6.92. The summed E-state index contributed by atoms with van der Waals surface area (Å²) in [5, 5.41) is 7.80. The van der Waals surface area contributed by atoms with Crippen molar-refractivity contribution in [3.63, 3.8) is 0 Å². The molecule has 0 unspecified atom stereocenters. The van der Waals surface area contributed by atoms with Crippen LogP contribution in [0.25, 0.3) is 0 Å². The van der Waals surface area contributed by atoms with Gasteiger partial charge in [-0.3, -0.25) is 9.48 Å². The fourth-order valence-electron chi connectivity index (χ4n) is 4.13. The number of carbonyl (C=O) groups is 1. The summed E-state index contributed by atoms with van der Waals surface area (Å²) in [6.07, 6.45) is 8.84. The molecule has 0 spiro atoms. The molecule has 2 saturated heterocycles. The van der Waals surface area contributed by atoms with Crippen LogP contribution in [-0.4, -0.2) is 46.8 Å². The number of hydrogen-bond acceptors (Lipinski definition) is 3. The van der Waals surface area contributed by atoms with Crippen LogP contribution in [0.4, 0.5) is 0 Å². The van der Waals surface area contributed by atoms with Gasteiger partial charge in [0.25, 0.3) is 5.91 Å². The van der Waals surface area contributed by atoms with E-state index >= 15 is 0 Å². The van der Waals surface area contributed by atoms with Crippen molar-refractivity contribution in [1.82, 2.24) is 20.0 Å². The predicted molar refractivity (Wildman–Crippen MR) is 93.8 cm³/mol. The summed E-state index contributed by atoms with van der Waals surface area (Å²) in [6, 6.07) is 1.92. The van der Waals surface area contributed by atoms with Crippen molar-refractivity contribution in [2.75, 3.05) is 26.2 Å². The van der Waals surface area contributed by atoms with Gasteiger partial charge >= 0.3 is 0 Å². The second kappa shape index (κ2) is 7.22. The van der Waals surface area contributed by atoms with E-state index in [0.717, 1.165) is 58.3 Å². The first-order chi connectivity index (χ1) is 10.7. The highest BCUT2D eigenvalue weighted by atomic mass is 35.5. The Bertz CT molecular complexity index is 507. The van der Waals surface area contributed by atoms with Gasteiger partial charge in [0.2, 0.25) is 0 Å². The molecule has 1 N–H and O–H groups in total. The molecule has 0 radical (unpaired) electrons. The van der Waals surface area contributed by atoms with E-state index < -0.39 is 5.54 Å². The second-order valence-electron chi connectivity index (χ2n) is 6.92. The molecule has 6 heteroatoms. The Kier molecular flexibility index (Phi) is 5.74. The molecule has 1 amide bonds. The quantitative estimate of drug-likeness (QED) is 0.915. The van der Waals surface area contributed by atoms with Gasteiger partial charge in [-0.1, -0.05) is 13.8 Å². The van der Waals surface area contributed by atoms with Crippen LogP contribution in [0.2, 0.25) is 0 Å². The van der Waals surface area contributed by atoms with Crippen molar-refractivity contribution in [2.24, 2.45) is 5.41 Å². The maximum Gasteiger partial charge on any atom is 0.250 e. The first-order valence-electron chi connectivity index (χ1n) is 8.66. The van der Waals surface area contributed by atoms with Crippen molar-refractivity contribution in [3.8, 4) is 0 Å². The number of halogens is 1. The van der Waals surface area contributed by atoms with E-state index in [4.69, 9.17) is 0 Å². The highest BCUT2D eigenvalue weighted by Crippen LogP contribution is 2.39. The monoisotopic (exact) mass is 340 g/mol. The largest absolute Gasteiger partial charge is 0.340 e. The maximum atomic E-state index is 13.4. The fraction of sp³-hybridized carbons (Fsp3) is 0.765. The standard InChI is InChI=1S/C17H28N4O.ClH/c1-3-16(4-2)8-13-20(14-16)15(22)17(6-10-18-11-7-17)21-12-5-9-19-21;/h5,9,12,18H,3-4,6-8,10-11,13-14H2,1-2H3;1H. The molecule has 0 saturated carbocycles. The lowest BCUT2D eigenvalue weighted by atomic mass is 9.81. The van der Waals surface area contributed by atoms with Crippen molar-refractivity contribution in [3.05, 3.63) is 18.5 Å². The lowest BCUT2D eigenvalue weighted by molar-refractivity contribution is -0.142. The molecule has 0 atom stereocenters. The molecule has 2 aliphatic rings. The van der Waals surface area contributed by atoms with E-state index in [2.05, 4.69) is 29.2 Å². The number of amides is 1. The highest BCUT2D eigenvalue weighted by molar-refractivity contribution is 5.85. The number of hydrogen-bond donors (Lipinski definition) is 1. The molecule has 23 heavy (non-hydrogen) atoms. The van der Waals surface area contributed by atoms with Crippen molar-refractivity contribution in [1.29, 1.82) is 0 Å². The van der Waals surface area contributed by atoms with Crippen LogP contribution in [0.1, 0.15) is 46.0 Å². The minimum absolute atomic E-state index is 0. The summed E-state index contributed by atoms with van der Waals surface area (Å²) in [5.74, 6) is 0.279. The Morgan fingerprint density at radius 3 is 2.43 bits per heavy atom. The fourth-order valence-corrected chi connectivity index (χ4v) is 4.13. The number of nitrogens with one attached hydrogen (secondary N) is 1. The molecular weight excluding hydrogens is 312 g/mol. The van der Waals surface area contributed by atoms with Crippen LogP contribution in [-0.2, 0) is 10.3 Å². The van der Waals surface area contributed by atoms with Crippen LogP contribution >= 0.6 is 12.4 Å². The first kappa shape index (κ1) is 18.3. The third-order valence-electron chi connectivity index (χ3n) is 6.00. The number of rotatable bonds is 4. The minimum atomic E-state index is -0.480. The zero-order chi connectivity index (χ0) is 15.6. The van der Waals surface area contributed by atoms with E-state index in [1.165, 1.54) is 0 Å². The Labute approximate surface area is 145 Å². The molecule has 0 bridgehead atoms. The van der Waals surface area contributed by atoms with Gasteiger partial charge in [0.05, 0.1) is 0 Å². The number of likely N-dealkylation sites (tertiary alicyclic amines) is 1. The third-order valence-corrected chi connectivity index (χ3v) is 6.00. The van der Waals surface area contributed by atoms with E-state index in [1.54, 1.807) is 6.20 Å². The van der Waals surface area contributed by atoms with Crippen LogP contribution in [0, 0.1) is 5.41 Å². The normalized spacial score (nSPS) is 22.6. The molecule has 2 aliphatic heterocycles. The van der Waals surface area contributed by atoms with Crippen molar-refractivity contribution < 1.29 is 4.79 Å². The summed E-state index contributed by atoms with van der Waals surface area (Å²) in [4.78, 5) is 15.5. The smallest absolute Gasteiger partial charge is 0.250 e. The van der Waals surface area contributed by atoms with E-state index in [9.17, 15) is 4.79 Å². The molecule has 130 valence electrons. The Hall–Kier alpha value is -1.07. The zero-order valence-electron chi connectivity index (χ0n) is 14.3. The molecule has 5 nitrogen and oxygen atoms in total. The molecule has 1 aromatic rings. The van der Waals surface area contributed by atoms with Crippen LogP contribution in [0.5, 0.6) is 0 Å². The molecular formula is C17H29ClN4O. The van der Waals surface area contributed by atoms with Gasteiger partial charge in [-0.25, -0.2) is 0 Å².